The molecule has 4 nitrogen and oxygen atoms in total. The second-order valence-corrected chi connectivity index (χ2v) is 3.97. The average Bonchev–Trinajstić information content (AvgIpc) is 2.47. The fourth-order valence-electron chi connectivity index (χ4n) is 1.82. The van der Waals surface area contributed by atoms with E-state index in [1.165, 1.54) is 26.4 Å². The van der Waals surface area contributed by atoms with Gasteiger partial charge in [-0.15, -0.1) is 0 Å². The van der Waals surface area contributed by atoms with Crippen molar-refractivity contribution in [3.05, 3.63) is 47.8 Å². The normalized spacial score (nSPS) is 10.2. The summed E-state index contributed by atoms with van der Waals surface area (Å²) in [6.45, 7) is -0.459. The molecule has 0 unspecified atom stereocenters. The molecule has 1 N–H and O–H groups in total. The number of ether oxygens (including phenoxy) is 3. The van der Waals surface area contributed by atoms with E-state index in [9.17, 15) is 9.50 Å². The first kappa shape index (κ1) is 14.1. The van der Waals surface area contributed by atoms with Crippen LogP contribution in [0.3, 0.4) is 0 Å². The summed E-state index contributed by atoms with van der Waals surface area (Å²) >= 11 is 0. The molecule has 0 aliphatic carbocycles. The first-order chi connectivity index (χ1) is 9.71. The first-order valence-corrected chi connectivity index (χ1v) is 5.98. The van der Waals surface area contributed by atoms with Crippen LogP contribution < -0.4 is 14.2 Å². The van der Waals surface area contributed by atoms with Crippen LogP contribution in [-0.4, -0.2) is 19.3 Å². The predicted octanol–water partition coefficient (Wildman–Crippen LogP) is 3.13. The summed E-state index contributed by atoms with van der Waals surface area (Å²) in [4.78, 5) is 0. The summed E-state index contributed by atoms with van der Waals surface area (Å²) in [6.07, 6.45) is 0. The van der Waals surface area contributed by atoms with E-state index in [1.54, 1.807) is 24.3 Å². The molecule has 0 spiro atoms. The number of aliphatic hydroxyl groups excluding tert-OH is 1. The molecule has 106 valence electrons. The zero-order chi connectivity index (χ0) is 14.5. The lowest BCUT2D eigenvalue weighted by atomic mass is 10.2. The highest BCUT2D eigenvalue weighted by atomic mass is 19.1. The van der Waals surface area contributed by atoms with E-state index < -0.39 is 12.4 Å². The highest BCUT2D eigenvalue weighted by Crippen LogP contribution is 2.41. The molecule has 2 aromatic carbocycles. The quantitative estimate of drug-likeness (QED) is 0.912. The van der Waals surface area contributed by atoms with Gasteiger partial charge in [0.25, 0.3) is 0 Å². The van der Waals surface area contributed by atoms with Gasteiger partial charge in [-0.25, -0.2) is 4.39 Å². The van der Waals surface area contributed by atoms with Crippen molar-refractivity contribution in [2.75, 3.05) is 14.2 Å². The van der Waals surface area contributed by atoms with Crippen molar-refractivity contribution in [3.8, 4) is 23.0 Å². The number of halogens is 1. The van der Waals surface area contributed by atoms with Crippen molar-refractivity contribution in [2.45, 2.75) is 6.61 Å². The molecule has 0 saturated heterocycles. The second-order valence-electron chi connectivity index (χ2n) is 3.97. The number of para-hydroxylation sites is 1. The Kier molecular flexibility index (Phi) is 4.42. The minimum absolute atomic E-state index is 0.0838. The maximum atomic E-state index is 13.6. The van der Waals surface area contributed by atoms with Gasteiger partial charge in [-0.05, 0) is 24.3 Å². The van der Waals surface area contributed by atoms with Crippen molar-refractivity contribution in [3.63, 3.8) is 0 Å². The van der Waals surface area contributed by atoms with Crippen LogP contribution in [0.25, 0.3) is 0 Å². The maximum Gasteiger partial charge on any atom is 0.211 e. The van der Waals surface area contributed by atoms with Crippen molar-refractivity contribution in [2.24, 2.45) is 0 Å². The van der Waals surface area contributed by atoms with Crippen LogP contribution in [0.4, 0.5) is 4.39 Å². The Morgan fingerprint density at radius 3 is 2.05 bits per heavy atom. The Morgan fingerprint density at radius 2 is 1.50 bits per heavy atom. The van der Waals surface area contributed by atoms with Crippen molar-refractivity contribution in [1.29, 1.82) is 0 Å². The Balaban J connectivity index is 2.47. The molecule has 20 heavy (non-hydrogen) atoms. The fourth-order valence-corrected chi connectivity index (χ4v) is 1.82. The van der Waals surface area contributed by atoms with Crippen LogP contribution >= 0.6 is 0 Å². The molecule has 0 radical (unpaired) electrons. The Hall–Kier alpha value is -2.27. The van der Waals surface area contributed by atoms with Crippen molar-refractivity contribution >= 4 is 0 Å². The van der Waals surface area contributed by atoms with Gasteiger partial charge in [-0.3, -0.25) is 0 Å². The van der Waals surface area contributed by atoms with E-state index in [0.717, 1.165) is 0 Å². The van der Waals surface area contributed by atoms with Gasteiger partial charge in [0, 0.05) is 0 Å². The lowest BCUT2D eigenvalue weighted by Crippen LogP contribution is -1.98. The van der Waals surface area contributed by atoms with Gasteiger partial charge in [0.15, 0.2) is 11.5 Å². The molecule has 0 saturated carbocycles. The van der Waals surface area contributed by atoms with E-state index in [0.29, 0.717) is 17.2 Å². The SMILES string of the molecule is COc1cccc(OC)c1Oc1cccc(F)c1CO. The standard InChI is InChI=1S/C15H15FO4/c1-18-13-7-4-8-14(19-2)15(13)20-12-6-3-5-11(16)10(12)9-17/h3-8,17H,9H2,1-2H3. The number of methoxy groups -OCH3 is 2. The van der Waals surface area contributed by atoms with E-state index >= 15 is 0 Å². The highest BCUT2D eigenvalue weighted by Gasteiger charge is 2.16. The molecule has 0 aromatic heterocycles. The maximum absolute atomic E-state index is 13.6. The number of aliphatic hydroxyl groups is 1. The molecule has 5 heteroatoms. The number of hydrogen-bond donors (Lipinski definition) is 1. The van der Waals surface area contributed by atoms with E-state index in [1.807, 2.05) is 0 Å². The first-order valence-electron chi connectivity index (χ1n) is 5.98. The van der Waals surface area contributed by atoms with Crippen LogP contribution in [-0.2, 0) is 6.61 Å². The van der Waals surface area contributed by atoms with Crippen molar-refractivity contribution in [1.82, 2.24) is 0 Å². The molecule has 2 rings (SSSR count). The van der Waals surface area contributed by atoms with Gasteiger partial charge in [0.1, 0.15) is 11.6 Å². The molecular weight excluding hydrogens is 263 g/mol. The minimum atomic E-state index is -0.529. The molecule has 0 atom stereocenters. The molecule has 0 fully saturated rings. The van der Waals surface area contributed by atoms with E-state index in [-0.39, 0.29) is 11.3 Å². The second kappa shape index (κ2) is 6.25. The summed E-state index contributed by atoms with van der Waals surface area (Å²) in [5.74, 6) is 0.932. The third kappa shape index (κ3) is 2.67. The largest absolute Gasteiger partial charge is 0.493 e. The van der Waals surface area contributed by atoms with Gasteiger partial charge in [0.2, 0.25) is 5.75 Å². The van der Waals surface area contributed by atoms with Gasteiger partial charge >= 0.3 is 0 Å². The lowest BCUT2D eigenvalue weighted by molar-refractivity contribution is 0.268. The zero-order valence-corrected chi connectivity index (χ0v) is 11.2. The molecule has 2 aromatic rings. The molecule has 0 bridgehead atoms. The van der Waals surface area contributed by atoms with Crippen LogP contribution in [0.15, 0.2) is 36.4 Å². The molecule has 0 heterocycles. The third-order valence-electron chi connectivity index (χ3n) is 2.83. The highest BCUT2D eigenvalue weighted by molar-refractivity contribution is 5.53. The number of rotatable bonds is 5. The minimum Gasteiger partial charge on any atom is -0.493 e. The lowest BCUT2D eigenvalue weighted by Gasteiger charge is -2.15. The molecule has 0 amide bonds. The smallest absolute Gasteiger partial charge is 0.211 e. The van der Waals surface area contributed by atoms with Crippen LogP contribution in [0.1, 0.15) is 5.56 Å². The van der Waals surface area contributed by atoms with Gasteiger partial charge in [0.05, 0.1) is 26.4 Å². The number of hydrogen-bond acceptors (Lipinski definition) is 4. The molecular formula is C15H15FO4. The Morgan fingerprint density at radius 1 is 0.950 bits per heavy atom. The summed E-state index contributed by atoms with van der Waals surface area (Å²) < 4.78 is 29.7. The zero-order valence-electron chi connectivity index (χ0n) is 11.2. The van der Waals surface area contributed by atoms with Gasteiger partial charge in [-0.2, -0.15) is 0 Å². The summed E-state index contributed by atoms with van der Waals surface area (Å²) in [5.41, 5.74) is 0.0838. The molecule has 0 aliphatic rings. The van der Waals surface area contributed by atoms with E-state index in [2.05, 4.69) is 0 Å². The average molecular weight is 278 g/mol. The van der Waals surface area contributed by atoms with Gasteiger partial charge < -0.3 is 19.3 Å². The van der Waals surface area contributed by atoms with Crippen LogP contribution in [0.5, 0.6) is 23.0 Å². The number of benzene rings is 2. The topological polar surface area (TPSA) is 47.9 Å². The monoisotopic (exact) mass is 278 g/mol. The summed E-state index contributed by atoms with van der Waals surface area (Å²) in [6, 6.07) is 9.50. The summed E-state index contributed by atoms with van der Waals surface area (Å²) in [7, 11) is 3.00. The third-order valence-corrected chi connectivity index (χ3v) is 2.83. The van der Waals surface area contributed by atoms with E-state index in [4.69, 9.17) is 14.2 Å². The Labute approximate surface area is 116 Å². The predicted molar refractivity (Wildman–Crippen MR) is 71.9 cm³/mol. The fraction of sp³-hybridized carbons (Fsp3) is 0.200. The molecule has 0 aliphatic heterocycles. The van der Waals surface area contributed by atoms with Crippen LogP contribution in [0, 0.1) is 5.82 Å². The van der Waals surface area contributed by atoms with Crippen LogP contribution in [0.2, 0.25) is 0 Å². The van der Waals surface area contributed by atoms with Crippen molar-refractivity contribution < 1.29 is 23.7 Å². The summed E-state index contributed by atoms with van der Waals surface area (Å²) in [5, 5.41) is 9.25. The van der Waals surface area contributed by atoms with Gasteiger partial charge in [-0.1, -0.05) is 12.1 Å². The Bertz CT molecular complexity index is 576.